The molecule has 2 aromatic carbocycles. The summed E-state index contributed by atoms with van der Waals surface area (Å²) in [5.74, 6) is -0.675. The van der Waals surface area contributed by atoms with Gasteiger partial charge in [0.15, 0.2) is 5.69 Å². The maximum absolute atomic E-state index is 13.2. The minimum absolute atomic E-state index is 0.0186. The van der Waals surface area contributed by atoms with Crippen LogP contribution in [-0.2, 0) is 21.0 Å². The van der Waals surface area contributed by atoms with E-state index in [-0.39, 0.29) is 22.7 Å². The predicted molar refractivity (Wildman–Crippen MR) is 105 cm³/mol. The van der Waals surface area contributed by atoms with Crippen molar-refractivity contribution in [3.8, 4) is 16.9 Å². The number of carbonyl (C=O) groups is 1. The summed E-state index contributed by atoms with van der Waals surface area (Å²) in [6, 6.07) is 12.0. The van der Waals surface area contributed by atoms with Gasteiger partial charge in [-0.2, -0.15) is 18.3 Å². The van der Waals surface area contributed by atoms with Gasteiger partial charge in [-0.15, -0.1) is 0 Å². The van der Waals surface area contributed by atoms with Crippen LogP contribution in [0.25, 0.3) is 16.9 Å². The molecule has 6 nitrogen and oxygen atoms in total. The number of hydrogen-bond donors (Lipinski definition) is 1. The van der Waals surface area contributed by atoms with E-state index in [1.165, 1.54) is 43.3 Å². The van der Waals surface area contributed by atoms with E-state index in [0.29, 0.717) is 10.6 Å². The Morgan fingerprint density at radius 3 is 2.23 bits per heavy atom. The second-order valence-electron chi connectivity index (χ2n) is 6.21. The fourth-order valence-electron chi connectivity index (χ4n) is 2.59. The highest BCUT2D eigenvalue weighted by molar-refractivity contribution is 7.90. The second kappa shape index (κ2) is 8.11. The Labute approximate surface area is 175 Å². The Hall–Kier alpha value is -2.85. The number of carbonyl (C=O) groups excluding carboxylic acids is 1. The van der Waals surface area contributed by atoms with Crippen LogP contribution >= 0.6 is 11.6 Å². The number of aromatic nitrogens is 2. The van der Waals surface area contributed by atoms with E-state index < -0.39 is 27.8 Å². The summed E-state index contributed by atoms with van der Waals surface area (Å²) in [5.41, 5.74) is -0.307. The van der Waals surface area contributed by atoms with Crippen LogP contribution in [0.2, 0.25) is 5.02 Å². The summed E-state index contributed by atoms with van der Waals surface area (Å²) in [4.78, 5) is 11.2. The van der Waals surface area contributed by atoms with Crippen molar-refractivity contribution in [2.45, 2.75) is 24.4 Å². The number of sulfonamides is 1. The number of nitrogens with one attached hydrogen (secondary N) is 1. The first kappa shape index (κ1) is 21.8. The fourth-order valence-corrected chi connectivity index (χ4v) is 3.77. The highest BCUT2D eigenvalue weighted by Gasteiger charge is 2.35. The lowest BCUT2D eigenvalue weighted by Gasteiger charge is -2.10. The quantitative estimate of drug-likeness (QED) is 0.614. The number of halogens is 4. The minimum Gasteiger partial charge on any atom is -0.274 e. The van der Waals surface area contributed by atoms with Gasteiger partial charge in [0.25, 0.3) is 10.0 Å². The molecule has 30 heavy (non-hydrogen) atoms. The van der Waals surface area contributed by atoms with Crippen LogP contribution in [0.1, 0.15) is 19.0 Å². The molecule has 1 N–H and O–H groups in total. The topological polar surface area (TPSA) is 81.1 Å². The van der Waals surface area contributed by atoms with Gasteiger partial charge in [0.1, 0.15) is 0 Å². The zero-order valence-corrected chi connectivity index (χ0v) is 17.0. The van der Waals surface area contributed by atoms with Gasteiger partial charge in [0.05, 0.1) is 16.3 Å². The summed E-state index contributed by atoms with van der Waals surface area (Å²) >= 11 is 5.85. The monoisotopic (exact) mass is 457 g/mol. The molecule has 0 saturated heterocycles. The molecule has 0 fully saturated rings. The first-order valence-corrected chi connectivity index (χ1v) is 10.5. The van der Waals surface area contributed by atoms with Gasteiger partial charge in [-0.25, -0.2) is 17.8 Å². The molecule has 0 aliphatic rings. The Bertz CT molecular complexity index is 1170. The number of hydrogen-bond acceptors (Lipinski definition) is 4. The molecular formula is C19H15ClF3N3O3S. The zero-order valence-electron chi connectivity index (χ0n) is 15.4. The van der Waals surface area contributed by atoms with Crippen LogP contribution in [0.5, 0.6) is 0 Å². The molecule has 0 atom stereocenters. The molecule has 1 aromatic heterocycles. The number of amides is 1. The average Bonchev–Trinajstić information content (AvgIpc) is 3.14. The number of benzene rings is 2. The first-order valence-electron chi connectivity index (χ1n) is 8.60. The van der Waals surface area contributed by atoms with E-state index in [2.05, 4.69) is 5.10 Å². The lowest BCUT2D eigenvalue weighted by atomic mass is 10.1. The molecule has 0 spiro atoms. The first-order chi connectivity index (χ1) is 14.0. The molecule has 1 amide bonds. The van der Waals surface area contributed by atoms with Crippen LogP contribution in [0.3, 0.4) is 0 Å². The van der Waals surface area contributed by atoms with E-state index in [1.807, 2.05) is 4.72 Å². The van der Waals surface area contributed by atoms with E-state index in [4.69, 9.17) is 11.6 Å². The van der Waals surface area contributed by atoms with Crippen molar-refractivity contribution in [2.75, 3.05) is 0 Å². The third-order valence-corrected chi connectivity index (χ3v) is 5.74. The van der Waals surface area contributed by atoms with Crippen LogP contribution in [0, 0.1) is 0 Å². The van der Waals surface area contributed by atoms with Crippen molar-refractivity contribution in [1.82, 2.24) is 14.5 Å². The molecule has 0 saturated carbocycles. The second-order valence-corrected chi connectivity index (χ2v) is 8.33. The van der Waals surface area contributed by atoms with Crippen molar-refractivity contribution < 1.29 is 26.4 Å². The Kier molecular flexibility index (Phi) is 5.91. The molecular weight excluding hydrogens is 443 g/mol. The average molecular weight is 458 g/mol. The van der Waals surface area contributed by atoms with Crippen LogP contribution in [-0.4, -0.2) is 24.1 Å². The predicted octanol–water partition coefficient (Wildman–Crippen LogP) is 4.43. The summed E-state index contributed by atoms with van der Waals surface area (Å²) in [5, 5.41) is 4.06. The fraction of sp³-hybridized carbons (Fsp3) is 0.158. The van der Waals surface area contributed by atoms with E-state index in [9.17, 15) is 26.4 Å². The lowest BCUT2D eigenvalue weighted by molar-refractivity contribution is -0.141. The Balaban J connectivity index is 2.05. The highest BCUT2D eigenvalue weighted by atomic mass is 35.5. The molecule has 0 radical (unpaired) electrons. The molecule has 158 valence electrons. The van der Waals surface area contributed by atoms with Crippen molar-refractivity contribution >= 4 is 27.5 Å². The Morgan fingerprint density at radius 1 is 1.10 bits per heavy atom. The summed E-state index contributed by atoms with van der Waals surface area (Å²) in [7, 11) is -4.08. The van der Waals surface area contributed by atoms with Gasteiger partial charge in [-0.05, 0) is 42.5 Å². The summed E-state index contributed by atoms with van der Waals surface area (Å²) in [6.45, 7) is 1.50. The lowest BCUT2D eigenvalue weighted by Crippen LogP contribution is -2.29. The van der Waals surface area contributed by atoms with Gasteiger partial charge in [-0.1, -0.05) is 30.7 Å². The van der Waals surface area contributed by atoms with Gasteiger partial charge < -0.3 is 0 Å². The molecule has 11 heteroatoms. The standard InChI is InChI=1S/C19H15ClF3N3O3S/c1-2-18(27)25-30(28,29)15-9-7-14(8-10-15)26-16(11-17(24-26)19(21,22)23)12-3-5-13(20)6-4-12/h3-11H,2H2,1H3,(H,25,27). The van der Waals surface area contributed by atoms with Crippen molar-refractivity contribution in [1.29, 1.82) is 0 Å². The number of alkyl halides is 3. The normalized spacial score (nSPS) is 12.0. The van der Waals surface area contributed by atoms with Crippen molar-refractivity contribution in [3.05, 3.63) is 65.3 Å². The molecule has 3 aromatic rings. The Morgan fingerprint density at radius 2 is 1.70 bits per heavy atom. The van der Waals surface area contributed by atoms with Crippen LogP contribution in [0.4, 0.5) is 13.2 Å². The van der Waals surface area contributed by atoms with Crippen molar-refractivity contribution in [3.63, 3.8) is 0 Å². The highest BCUT2D eigenvalue weighted by Crippen LogP contribution is 2.33. The molecule has 3 rings (SSSR count). The van der Waals surface area contributed by atoms with E-state index >= 15 is 0 Å². The van der Waals surface area contributed by atoms with Crippen LogP contribution in [0.15, 0.2) is 59.5 Å². The molecule has 0 unspecified atom stereocenters. The largest absolute Gasteiger partial charge is 0.435 e. The SMILES string of the molecule is CCC(=O)NS(=O)(=O)c1ccc(-n2nc(C(F)(F)F)cc2-c2ccc(Cl)cc2)cc1. The summed E-state index contributed by atoms with van der Waals surface area (Å²) in [6.07, 6.45) is -4.69. The zero-order chi connectivity index (χ0) is 22.1. The molecule has 0 bridgehead atoms. The summed E-state index contributed by atoms with van der Waals surface area (Å²) < 4.78 is 67.0. The van der Waals surface area contributed by atoms with Crippen LogP contribution < -0.4 is 4.72 Å². The molecule has 0 aliphatic carbocycles. The van der Waals surface area contributed by atoms with Crippen molar-refractivity contribution in [2.24, 2.45) is 0 Å². The minimum atomic E-state index is -4.67. The maximum Gasteiger partial charge on any atom is 0.435 e. The number of nitrogens with zero attached hydrogens (tertiary/aromatic N) is 2. The van der Waals surface area contributed by atoms with Gasteiger partial charge >= 0.3 is 6.18 Å². The molecule has 0 aliphatic heterocycles. The van der Waals surface area contributed by atoms with Gasteiger partial charge in [0.2, 0.25) is 5.91 Å². The van der Waals surface area contributed by atoms with E-state index in [1.54, 1.807) is 12.1 Å². The van der Waals surface area contributed by atoms with E-state index in [0.717, 1.165) is 10.7 Å². The van der Waals surface area contributed by atoms with Gasteiger partial charge in [-0.3, -0.25) is 4.79 Å². The molecule has 1 heterocycles. The smallest absolute Gasteiger partial charge is 0.274 e. The number of rotatable bonds is 5. The third kappa shape index (κ3) is 4.65. The maximum atomic E-state index is 13.2. The van der Waals surface area contributed by atoms with Gasteiger partial charge in [0, 0.05) is 17.0 Å². The third-order valence-electron chi connectivity index (χ3n) is 4.10.